The predicted molar refractivity (Wildman–Crippen MR) is 108 cm³/mol. The van der Waals surface area contributed by atoms with Crippen LogP contribution in [0.3, 0.4) is 0 Å². The molecule has 158 valence electrons. The minimum Gasteiger partial charge on any atom is -0.504 e. The summed E-state index contributed by atoms with van der Waals surface area (Å²) in [6.07, 6.45) is 2.52. The van der Waals surface area contributed by atoms with E-state index in [0.29, 0.717) is 24.7 Å². The number of ketones is 1. The summed E-state index contributed by atoms with van der Waals surface area (Å²) >= 11 is 0. The maximum Gasteiger partial charge on any atom is 0.224 e. The lowest BCUT2D eigenvalue weighted by molar-refractivity contribution is -0.00664. The molecule has 1 N–H and O–H groups in total. The lowest BCUT2D eigenvalue weighted by atomic mass is 10.1. The number of hydrogen-bond acceptors (Lipinski definition) is 6. The van der Waals surface area contributed by atoms with Gasteiger partial charge in [0.25, 0.3) is 0 Å². The van der Waals surface area contributed by atoms with Gasteiger partial charge < -0.3 is 14.3 Å². The van der Waals surface area contributed by atoms with Crippen molar-refractivity contribution in [3.05, 3.63) is 77.5 Å². The molecule has 0 aliphatic carbocycles. The summed E-state index contributed by atoms with van der Waals surface area (Å²) < 4.78 is 25.7. The molecule has 1 unspecified atom stereocenters. The monoisotopic (exact) mass is 413 g/mol. The van der Waals surface area contributed by atoms with Gasteiger partial charge >= 0.3 is 0 Å². The van der Waals surface area contributed by atoms with Gasteiger partial charge in [-0.15, -0.1) is 5.10 Å². The van der Waals surface area contributed by atoms with E-state index in [0.717, 1.165) is 11.6 Å². The summed E-state index contributed by atoms with van der Waals surface area (Å²) in [5, 5.41) is 14.4. The molecule has 0 bridgehead atoms. The third kappa shape index (κ3) is 5.64. The third-order valence-corrected chi connectivity index (χ3v) is 4.24. The summed E-state index contributed by atoms with van der Waals surface area (Å²) in [5.41, 5.74) is 0.853. The molecule has 0 spiro atoms. The van der Waals surface area contributed by atoms with Crippen molar-refractivity contribution >= 4 is 11.5 Å². The second kappa shape index (κ2) is 9.49. The van der Waals surface area contributed by atoms with Crippen LogP contribution in [-0.4, -0.2) is 32.3 Å². The Bertz CT molecular complexity index is 1020. The molecule has 2 aromatic heterocycles. The summed E-state index contributed by atoms with van der Waals surface area (Å²) in [4.78, 5) is 16.4. The average Bonchev–Trinajstić information content (AvgIpc) is 3.38. The number of rotatable bonds is 9. The molecule has 0 radical (unpaired) electrons. The normalized spacial score (nSPS) is 13.0. The number of benzene rings is 1. The molecule has 1 aromatic carbocycles. The Morgan fingerprint density at radius 2 is 1.97 bits per heavy atom. The minimum absolute atomic E-state index is 0.0152. The molecule has 3 rings (SSSR count). The van der Waals surface area contributed by atoms with Crippen LogP contribution in [0, 0.1) is 11.7 Å². The number of carbonyl (C=O) groups excluding carboxylic acids is 1. The van der Waals surface area contributed by atoms with Crippen LogP contribution in [0.15, 0.2) is 53.2 Å². The molecule has 1 atom stereocenters. The van der Waals surface area contributed by atoms with Crippen LogP contribution in [0.1, 0.15) is 54.7 Å². The predicted octanol–water partition coefficient (Wildman–Crippen LogP) is 4.57. The quantitative estimate of drug-likeness (QED) is 0.314. The minimum atomic E-state index is -0.515. The molecule has 0 saturated carbocycles. The molecule has 0 aliphatic rings. The number of aliphatic hydroxyl groups is 1. The molecule has 7 nitrogen and oxygen atoms in total. The number of ether oxygens (including phenoxy) is 1. The van der Waals surface area contributed by atoms with Crippen LogP contribution in [0.25, 0.3) is 5.76 Å². The van der Waals surface area contributed by atoms with Crippen molar-refractivity contribution in [2.24, 2.45) is 5.92 Å². The van der Waals surface area contributed by atoms with Crippen molar-refractivity contribution in [1.29, 1.82) is 0 Å². The van der Waals surface area contributed by atoms with Gasteiger partial charge in [-0.2, -0.15) is 0 Å². The smallest absolute Gasteiger partial charge is 0.224 e. The van der Waals surface area contributed by atoms with E-state index in [1.165, 1.54) is 29.2 Å². The topological polar surface area (TPSA) is 90.4 Å². The Labute approximate surface area is 173 Å². The fourth-order valence-electron chi connectivity index (χ4n) is 2.64. The lowest BCUT2D eigenvalue weighted by Crippen LogP contribution is -2.13. The highest BCUT2D eigenvalue weighted by Gasteiger charge is 2.15. The lowest BCUT2D eigenvalue weighted by Gasteiger charge is -2.14. The van der Waals surface area contributed by atoms with Gasteiger partial charge in [0.15, 0.2) is 11.5 Å². The summed E-state index contributed by atoms with van der Waals surface area (Å²) in [7, 11) is 0. The molecule has 0 saturated heterocycles. The van der Waals surface area contributed by atoms with Gasteiger partial charge in [0, 0.05) is 12.5 Å². The van der Waals surface area contributed by atoms with E-state index in [9.17, 15) is 14.3 Å². The maximum absolute atomic E-state index is 13.0. The maximum atomic E-state index is 13.0. The van der Waals surface area contributed by atoms with Gasteiger partial charge in [0.1, 0.15) is 24.1 Å². The van der Waals surface area contributed by atoms with E-state index in [4.69, 9.17) is 9.15 Å². The Morgan fingerprint density at radius 1 is 1.23 bits per heavy atom. The van der Waals surface area contributed by atoms with Gasteiger partial charge in [-0.25, -0.2) is 14.1 Å². The van der Waals surface area contributed by atoms with Crippen LogP contribution in [-0.2, 0) is 11.2 Å². The summed E-state index contributed by atoms with van der Waals surface area (Å²) in [6, 6.07) is 9.23. The van der Waals surface area contributed by atoms with Crippen LogP contribution >= 0.6 is 0 Å². The fraction of sp³-hybridized carbons (Fsp3) is 0.318. The second-order valence-corrected chi connectivity index (χ2v) is 7.34. The molecular formula is C22H24FN3O4. The molecule has 8 heteroatoms. The number of aliphatic hydroxyl groups excluding tert-OH is 1. The number of furan rings is 1. The summed E-state index contributed by atoms with van der Waals surface area (Å²) in [5.74, 6) is -0.177. The highest BCUT2D eigenvalue weighted by molar-refractivity contribution is 6.05. The van der Waals surface area contributed by atoms with Gasteiger partial charge in [-0.3, -0.25) is 4.79 Å². The summed E-state index contributed by atoms with van der Waals surface area (Å²) in [6.45, 7) is 6.46. The first-order valence-corrected chi connectivity index (χ1v) is 9.63. The largest absolute Gasteiger partial charge is 0.504 e. The molecule has 2 heterocycles. The number of halogens is 1. The van der Waals surface area contributed by atoms with Crippen LogP contribution in [0.5, 0.6) is 0 Å². The first kappa shape index (κ1) is 21.4. The molecule has 30 heavy (non-hydrogen) atoms. The van der Waals surface area contributed by atoms with E-state index in [1.54, 1.807) is 18.2 Å². The van der Waals surface area contributed by atoms with E-state index in [2.05, 4.69) is 10.1 Å². The zero-order valence-electron chi connectivity index (χ0n) is 17.1. The zero-order chi connectivity index (χ0) is 21.7. The van der Waals surface area contributed by atoms with E-state index >= 15 is 0 Å². The van der Waals surface area contributed by atoms with E-state index < -0.39 is 5.78 Å². The first-order chi connectivity index (χ1) is 14.3. The molecule has 0 amide bonds. The van der Waals surface area contributed by atoms with E-state index in [-0.39, 0.29) is 29.4 Å². The average molecular weight is 413 g/mol. The highest BCUT2D eigenvalue weighted by Crippen LogP contribution is 2.17. The van der Waals surface area contributed by atoms with Crippen LogP contribution in [0.2, 0.25) is 0 Å². The van der Waals surface area contributed by atoms with E-state index in [1.807, 2.05) is 20.8 Å². The van der Waals surface area contributed by atoms with Crippen LogP contribution in [0.4, 0.5) is 4.39 Å². The van der Waals surface area contributed by atoms with Crippen molar-refractivity contribution in [1.82, 2.24) is 14.8 Å². The Kier molecular flexibility index (Phi) is 6.79. The molecule has 0 aliphatic heterocycles. The number of allylic oxidation sites excluding steroid dienone is 1. The van der Waals surface area contributed by atoms with Crippen molar-refractivity contribution in [2.75, 3.05) is 6.61 Å². The SMILES string of the molecule is CC(C)COC(C)n1cnc(/C(O)=C/C(=O)c2ccc(Cc3ccc(F)cc3)o2)n1. The number of carbonyl (C=O) groups is 1. The van der Waals surface area contributed by atoms with Crippen molar-refractivity contribution < 1.29 is 23.4 Å². The Hall–Kier alpha value is -3.26. The first-order valence-electron chi connectivity index (χ1n) is 9.63. The number of aromatic nitrogens is 3. The van der Waals surface area contributed by atoms with Gasteiger partial charge in [-0.1, -0.05) is 26.0 Å². The number of nitrogens with zero attached hydrogens (tertiary/aromatic N) is 3. The van der Waals surface area contributed by atoms with Crippen molar-refractivity contribution in [2.45, 2.75) is 33.4 Å². The van der Waals surface area contributed by atoms with Crippen LogP contribution < -0.4 is 0 Å². The molecule has 0 fully saturated rings. The Morgan fingerprint density at radius 3 is 2.67 bits per heavy atom. The number of hydrogen-bond donors (Lipinski definition) is 1. The van der Waals surface area contributed by atoms with Crippen molar-refractivity contribution in [3.63, 3.8) is 0 Å². The zero-order valence-corrected chi connectivity index (χ0v) is 17.1. The Balaban J connectivity index is 1.64. The highest BCUT2D eigenvalue weighted by atomic mass is 19.1. The van der Waals surface area contributed by atoms with Gasteiger partial charge in [-0.05, 0) is 42.7 Å². The van der Waals surface area contributed by atoms with Gasteiger partial charge in [0.05, 0.1) is 6.61 Å². The third-order valence-electron chi connectivity index (χ3n) is 4.24. The molecule has 3 aromatic rings. The fourth-order valence-corrected chi connectivity index (χ4v) is 2.64. The van der Waals surface area contributed by atoms with Gasteiger partial charge in [0.2, 0.25) is 11.6 Å². The standard InChI is InChI=1S/C22H24FN3O4/c1-14(2)12-29-15(3)26-13-24-22(25-26)20(28)11-19(27)21-9-8-18(30-21)10-16-4-6-17(23)7-5-16/h4-9,11,13-15,28H,10,12H2,1-3H3/b20-11-. The second-order valence-electron chi connectivity index (χ2n) is 7.34. The molecular weight excluding hydrogens is 389 g/mol. The van der Waals surface area contributed by atoms with Crippen molar-refractivity contribution in [3.8, 4) is 0 Å².